The van der Waals surface area contributed by atoms with Crippen LogP contribution in [-0.2, 0) is 21.1 Å². The Morgan fingerprint density at radius 2 is 1.95 bits per heavy atom. The lowest BCUT2D eigenvalue weighted by Gasteiger charge is -2.33. The lowest BCUT2D eigenvalue weighted by Crippen LogP contribution is -2.45. The van der Waals surface area contributed by atoms with Gasteiger partial charge in [0.2, 0.25) is 0 Å². The van der Waals surface area contributed by atoms with Gasteiger partial charge in [0, 0.05) is 18.3 Å². The molecule has 1 aliphatic heterocycles. The molecule has 0 bridgehead atoms. The first-order chi connectivity index (χ1) is 17.0. The number of anilines is 1. The van der Waals surface area contributed by atoms with Crippen molar-refractivity contribution < 1.29 is 13.7 Å². The maximum absolute atomic E-state index is 12.9. The molecule has 0 radical (unpaired) electrons. The van der Waals surface area contributed by atoms with E-state index in [4.69, 9.17) is 14.9 Å². The van der Waals surface area contributed by atoms with Crippen molar-refractivity contribution >= 4 is 22.9 Å². The maximum atomic E-state index is 12.9. The van der Waals surface area contributed by atoms with E-state index in [1.54, 1.807) is 12.1 Å². The number of ether oxygens (including phenoxy) is 1. The Morgan fingerprint density at radius 3 is 2.57 bits per heavy atom. The summed E-state index contributed by atoms with van der Waals surface area (Å²) in [7, 11) is -1.66. The molecule has 1 amide bonds. The molecular formula is C28H43N5O3S. The zero-order valence-corrected chi connectivity index (χ0v) is 24.3. The van der Waals surface area contributed by atoms with Gasteiger partial charge < -0.3 is 15.0 Å². The monoisotopic (exact) mass is 529 g/mol. The molecule has 3 unspecified atom stereocenters. The molecule has 3 atom stereocenters. The second-order valence-corrected chi connectivity index (χ2v) is 13.6. The van der Waals surface area contributed by atoms with Crippen molar-refractivity contribution in [3.05, 3.63) is 47.8 Å². The fourth-order valence-corrected chi connectivity index (χ4v) is 5.21. The Hall–Kier alpha value is -2.52. The van der Waals surface area contributed by atoms with E-state index in [2.05, 4.69) is 57.1 Å². The van der Waals surface area contributed by atoms with Crippen molar-refractivity contribution in [2.24, 2.45) is 11.1 Å². The summed E-state index contributed by atoms with van der Waals surface area (Å²) in [6, 6.07) is 9.38. The van der Waals surface area contributed by atoms with Gasteiger partial charge in [-0.05, 0) is 95.0 Å². The Bertz CT molecular complexity index is 1120. The van der Waals surface area contributed by atoms with Crippen LogP contribution in [0.1, 0.15) is 92.0 Å². The third kappa shape index (κ3) is 7.98. The molecule has 1 fully saturated rings. The number of hydrogen-bond donors (Lipinski definition) is 2. The molecule has 3 rings (SSSR count). The molecular weight excluding hydrogens is 486 g/mol. The van der Waals surface area contributed by atoms with Crippen molar-refractivity contribution in [3.63, 3.8) is 0 Å². The number of carbonyl (C=O) groups is 1. The standard InChI is InChI=1S/C28H43N5O3S/c1-26(2,3)20-14-15-30-22(16-20)21(31-23-10-9-11-24(32-23)37(29)35)13-12-19-17-28(7,8)33(18-19)25(34)36-27(4,5)6/h9-11,14-16,19,21H,12-13,17-18,29H2,1-8H3,(H,31,32). The predicted octanol–water partition coefficient (Wildman–Crippen LogP) is 5.72. The largest absolute Gasteiger partial charge is 0.444 e. The van der Waals surface area contributed by atoms with Crippen LogP contribution in [0.5, 0.6) is 0 Å². The third-order valence-corrected chi connectivity index (χ3v) is 7.33. The van der Waals surface area contributed by atoms with Crippen molar-refractivity contribution in [2.45, 2.75) is 102 Å². The van der Waals surface area contributed by atoms with E-state index in [0.29, 0.717) is 23.3 Å². The Labute approximate surface area is 224 Å². The van der Waals surface area contributed by atoms with E-state index < -0.39 is 16.6 Å². The van der Waals surface area contributed by atoms with Gasteiger partial charge in [-0.15, -0.1) is 0 Å². The molecule has 204 valence electrons. The summed E-state index contributed by atoms with van der Waals surface area (Å²) in [6.45, 7) is 17.1. The molecule has 1 saturated heterocycles. The fourth-order valence-electron chi connectivity index (χ4n) is 4.81. The summed E-state index contributed by atoms with van der Waals surface area (Å²) >= 11 is 0. The molecule has 3 N–H and O–H groups in total. The summed E-state index contributed by atoms with van der Waals surface area (Å²) in [5.41, 5.74) is 1.31. The van der Waals surface area contributed by atoms with Gasteiger partial charge >= 0.3 is 6.09 Å². The molecule has 0 spiro atoms. The van der Waals surface area contributed by atoms with Crippen molar-refractivity contribution in [1.82, 2.24) is 14.9 Å². The smallest absolute Gasteiger partial charge is 0.410 e. The molecule has 9 heteroatoms. The minimum absolute atomic E-state index is 0.0136. The van der Waals surface area contributed by atoms with Gasteiger partial charge in [-0.3, -0.25) is 4.98 Å². The number of likely N-dealkylation sites (tertiary alicyclic amines) is 1. The van der Waals surface area contributed by atoms with Crippen LogP contribution in [0.25, 0.3) is 0 Å². The first-order valence-electron chi connectivity index (χ1n) is 12.9. The van der Waals surface area contributed by atoms with Gasteiger partial charge in [0.25, 0.3) is 0 Å². The number of aromatic nitrogens is 2. The van der Waals surface area contributed by atoms with Crippen LogP contribution in [0.2, 0.25) is 0 Å². The molecule has 3 heterocycles. The van der Waals surface area contributed by atoms with Crippen molar-refractivity contribution in [3.8, 4) is 0 Å². The molecule has 2 aromatic heterocycles. The van der Waals surface area contributed by atoms with E-state index in [9.17, 15) is 9.00 Å². The van der Waals surface area contributed by atoms with Gasteiger partial charge in [0.15, 0.2) is 0 Å². The molecule has 0 saturated carbocycles. The van der Waals surface area contributed by atoms with E-state index in [1.165, 1.54) is 5.56 Å². The van der Waals surface area contributed by atoms with Crippen LogP contribution in [-0.4, -0.2) is 42.9 Å². The number of nitrogens with one attached hydrogen (secondary N) is 1. The Balaban J connectivity index is 1.81. The van der Waals surface area contributed by atoms with Crippen LogP contribution in [0.15, 0.2) is 41.6 Å². The van der Waals surface area contributed by atoms with Crippen molar-refractivity contribution in [1.29, 1.82) is 0 Å². The average Bonchev–Trinajstić information content (AvgIpc) is 3.09. The molecule has 0 aliphatic carbocycles. The van der Waals surface area contributed by atoms with E-state index in [0.717, 1.165) is 25.0 Å². The summed E-state index contributed by atoms with van der Waals surface area (Å²) < 4.78 is 17.5. The summed E-state index contributed by atoms with van der Waals surface area (Å²) in [5, 5.41) is 9.40. The second-order valence-electron chi connectivity index (χ2n) is 12.6. The lowest BCUT2D eigenvalue weighted by molar-refractivity contribution is 0.0131. The highest BCUT2D eigenvalue weighted by Crippen LogP contribution is 2.38. The fraction of sp³-hybridized carbons (Fsp3) is 0.607. The quantitative estimate of drug-likeness (QED) is 0.474. The predicted molar refractivity (Wildman–Crippen MR) is 148 cm³/mol. The van der Waals surface area contributed by atoms with Gasteiger partial charge in [-0.1, -0.05) is 26.8 Å². The SMILES string of the molecule is CC(C)(C)OC(=O)N1CC(CCC(Nc2cccc(S(N)=O)n2)c2cc(C(C)(C)C)ccn2)CC1(C)C. The van der Waals surface area contributed by atoms with Crippen molar-refractivity contribution in [2.75, 3.05) is 11.9 Å². The zero-order chi connectivity index (χ0) is 27.6. The molecule has 8 nitrogen and oxygen atoms in total. The van der Waals surface area contributed by atoms with E-state index in [-0.39, 0.29) is 23.1 Å². The summed E-state index contributed by atoms with van der Waals surface area (Å²) in [6.07, 6.45) is 4.18. The zero-order valence-electron chi connectivity index (χ0n) is 23.5. The number of carbonyl (C=O) groups excluding carboxylic acids is 1. The van der Waals surface area contributed by atoms with Crippen LogP contribution in [0.4, 0.5) is 10.6 Å². The van der Waals surface area contributed by atoms with Crippen LogP contribution in [0, 0.1) is 5.92 Å². The first-order valence-corrected chi connectivity index (χ1v) is 14.1. The first kappa shape index (κ1) is 29.0. The van der Waals surface area contributed by atoms with Crippen LogP contribution in [0.3, 0.4) is 0 Å². The Morgan fingerprint density at radius 1 is 1.24 bits per heavy atom. The number of nitrogens with zero attached hydrogens (tertiary/aromatic N) is 3. The maximum Gasteiger partial charge on any atom is 0.410 e. The summed E-state index contributed by atoms with van der Waals surface area (Å²) in [5.74, 6) is 0.930. The van der Waals surface area contributed by atoms with Gasteiger partial charge in [-0.25, -0.2) is 19.1 Å². The minimum Gasteiger partial charge on any atom is -0.444 e. The second kappa shape index (κ2) is 11.1. The number of hydrogen-bond acceptors (Lipinski definition) is 6. The van der Waals surface area contributed by atoms with Crippen LogP contribution < -0.4 is 10.5 Å². The number of pyridine rings is 2. The molecule has 0 aromatic carbocycles. The van der Waals surface area contributed by atoms with Gasteiger partial charge in [0.1, 0.15) is 27.4 Å². The number of nitrogens with two attached hydrogens (primary N) is 1. The summed E-state index contributed by atoms with van der Waals surface area (Å²) in [4.78, 5) is 23.9. The number of amides is 1. The minimum atomic E-state index is -1.66. The Kier molecular flexibility index (Phi) is 8.69. The normalized spacial score (nSPS) is 19.4. The van der Waals surface area contributed by atoms with Gasteiger partial charge in [0.05, 0.1) is 11.7 Å². The topological polar surface area (TPSA) is 110 Å². The highest BCUT2D eigenvalue weighted by Gasteiger charge is 2.42. The molecule has 37 heavy (non-hydrogen) atoms. The third-order valence-electron chi connectivity index (χ3n) is 6.69. The van der Waals surface area contributed by atoms with Gasteiger partial charge in [-0.2, -0.15) is 0 Å². The van der Waals surface area contributed by atoms with E-state index >= 15 is 0 Å². The van der Waals surface area contributed by atoms with Crippen LogP contribution >= 0.6 is 0 Å². The lowest BCUT2D eigenvalue weighted by atomic mass is 9.86. The molecule has 2 aromatic rings. The number of rotatable bonds is 7. The van der Waals surface area contributed by atoms with E-state index in [1.807, 2.05) is 37.9 Å². The average molecular weight is 530 g/mol. The molecule has 1 aliphatic rings. The highest BCUT2D eigenvalue weighted by molar-refractivity contribution is 7.82. The highest BCUT2D eigenvalue weighted by atomic mass is 32.2.